The molecule has 0 radical (unpaired) electrons. The van der Waals surface area contributed by atoms with Crippen LogP contribution >= 0.6 is 0 Å². The van der Waals surface area contributed by atoms with Crippen molar-refractivity contribution in [1.82, 2.24) is 5.32 Å². The van der Waals surface area contributed by atoms with E-state index in [1.807, 2.05) is 6.92 Å². The third-order valence-corrected chi connectivity index (χ3v) is 2.09. The number of benzene rings is 1. The van der Waals surface area contributed by atoms with E-state index in [0.717, 1.165) is 6.54 Å². The summed E-state index contributed by atoms with van der Waals surface area (Å²) in [6.45, 7) is 4.01. The van der Waals surface area contributed by atoms with Crippen molar-refractivity contribution in [2.45, 2.75) is 13.0 Å². The summed E-state index contributed by atoms with van der Waals surface area (Å²) in [7, 11) is 1.67. The van der Waals surface area contributed by atoms with Gasteiger partial charge < -0.3 is 14.8 Å². The van der Waals surface area contributed by atoms with Crippen molar-refractivity contribution < 1.29 is 13.9 Å². The molecule has 90 valence electrons. The van der Waals surface area contributed by atoms with E-state index in [4.69, 9.17) is 9.47 Å². The summed E-state index contributed by atoms with van der Waals surface area (Å²) >= 11 is 0. The minimum Gasteiger partial charge on any atom is -0.492 e. The van der Waals surface area contributed by atoms with Crippen LogP contribution in [0.3, 0.4) is 0 Å². The van der Waals surface area contributed by atoms with Gasteiger partial charge in [0.2, 0.25) is 0 Å². The first-order valence-corrected chi connectivity index (χ1v) is 5.33. The number of hydrogen-bond donors (Lipinski definition) is 1. The van der Waals surface area contributed by atoms with Crippen molar-refractivity contribution in [2.75, 3.05) is 26.9 Å². The number of ether oxygens (including phenoxy) is 2. The van der Waals surface area contributed by atoms with Crippen LogP contribution < -0.4 is 10.1 Å². The molecule has 0 aliphatic rings. The molecule has 16 heavy (non-hydrogen) atoms. The van der Waals surface area contributed by atoms with E-state index in [2.05, 4.69) is 5.32 Å². The van der Waals surface area contributed by atoms with Gasteiger partial charge in [0, 0.05) is 19.7 Å². The van der Waals surface area contributed by atoms with Gasteiger partial charge in [0.05, 0.1) is 6.61 Å². The zero-order chi connectivity index (χ0) is 11.8. The van der Waals surface area contributed by atoms with Gasteiger partial charge in [0.25, 0.3) is 0 Å². The normalized spacial score (nSPS) is 12.4. The van der Waals surface area contributed by atoms with Gasteiger partial charge in [-0.15, -0.1) is 0 Å². The van der Waals surface area contributed by atoms with Gasteiger partial charge in [0.1, 0.15) is 18.2 Å². The summed E-state index contributed by atoms with van der Waals surface area (Å²) in [6.07, 6.45) is 0. The molecule has 0 saturated carbocycles. The molecule has 1 N–H and O–H groups in total. The minimum absolute atomic E-state index is 0.251. The molecule has 0 aliphatic heterocycles. The maximum absolute atomic E-state index is 12.6. The van der Waals surface area contributed by atoms with Crippen molar-refractivity contribution in [3.63, 3.8) is 0 Å². The Bertz CT molecular complexity index is 290. The maximum Gasteiger partial charge on any atom is 0.123 e. The van der Waals surface area contributed by atoms with Crippen molar-refractivity contribution in [1.29, 1.82) is 0 Å². The van der Waals surface area contributed by atoms with Gasteiger partial charge in [-0.2, -0.15) is 0 Å². The van der Waals surface area contributed by atoms with Crippen molar-refractivity contribution in [3.8, 4) is 5.75 Å². The smallest absolute Gasteiger partial charge is 0.123 e. The Morgan fingerprint density at radius 2 is 2.00 bits per heavy atom. The Kier molecular flexibility index (Phi) is 5.82. The average Bonchev–Trinajstić information content (AvgIpc) is 2.27. The molecule has 1 unspecified atom stereocenters. The lowest BCUT2D eigenvalue weighted by molar-refractivity contribution is 0.169. The van der Waals surface area contributed by atoms with E-state index in [0.29, 0.717) is 25.0 Å². The first kappa shape index (κ1) is 12.9. The van der Waals surface area contributed by atoms with Crippen LogP contribution in [0.2, 0.25) is 0 Å². The Hall–Kier alpha value is -1.13. The standard InChI is InChI=1S/C12H18FNO2/c1-10(9-15-2)14-7-8-16-12-5-3-11(13)4-6-12/h3-6,10,14H,7-9H2,1-2H3. The summed E-state index contributed by atoms with van der Waals surface area (Å²) < 4.78 is 23.0. The largest absolute Gasteiger partial charge is 0.492 e. The molecule has 1 atom stereocenters. The highest BCUT2D eigenvalue weighted by Gasteiger charge is 1.99. The van der Waals surface area contributed by atoms with E-state index >= 15 is 0 Å². The molecule has 0 spiro atoms. The zero-order valence-electron chi connectivity index (χ0n) is 9.70. The molecule has 0 amide bonds. The molecular formula is C12H18FNO2. The summed E-state index contributed by atoms with van der Waals surface area (Å²) in [6, 6.07) is 6.32. The SMILES string of the molecule is COCC(C)NCCOc1ccc(F)cc1. The second kappa shape index (κ2) is 7.19. The zero-order valence-corrected chi connectivity index (χ0v) is 9.70. The Labute approximate surface area is 95.6 Å². The van der Waals surface area contributed by atoms with E-state index in [9.17, 15) is 4.39 Å². The van der Waals surface area contributed by atoms with E-state index in [-0.39, 0.29) is 5.82 Å². The topological polar surface area (TPSA) is 30.5 Å². The van der Waals surface area contributed by atoms with Crippen LogP contribution in [0.25, 0.3) is 0 Å². The van der Waals surface area contributed by atoms with Crippen LogP contribution in [-0.4, -0.2) is 32.9 Å². The van der Waals surface area contributed by atoms with Gasteiger partial charge in [-0.25, -0.2) is 4.39 Å². The minimum atomic E-state index is -0.251. The van der Waals surface area contributed by atoms with Crippen LogP contribution in [0, 0.1) is 5.82 Å². The molecule has 1 aromatic carbocycles. The molecule has 0 bridgehead atoms. The fourth-order valence-electron chi connectivity index (χ4n) is 1.31. The molecule has 0 saturated heterocycles. The molecule has 0 fully saturated rings. The summed E-state index contributed by atoms with van der Waals surface area (Å²) in [5.41, 5.74) is 0. The molecule has 0 heterocycles. The first-order valence-electron chi connectivity index (χ1n) is 5.33. The fraction of sp³-hybridized carbons (Fsp3) is 0.500. The number of nitrogens with one attached hydrogen (secondary N) is 1. The molecular weight excluding hydrogens is 209 g/mol. The van der Waals surface area contributed by atoms with E-state index in [1.165, 1.54) is 12.1 Å². The summed E-state index contributed by atoms with van der Waals surface area (Å²) in [5, 5.41) is 3.24. The molecule has 1 aromatic rings. The average molecular weight is 227 g/mol. The number of hydrogen-bond acceptors (Lipinski definition) is 3. The van der Waals surface area contributed by atoms with E-state index in [1.54, 1.807) is 19.2 Å². The molecule has 1 rings (SSSR count). The molecule has 0 aromatic heterocycles. The van der Waals surface area contributed by atoms with Crippen LogP contribution in [0.1, 0.15) is 6.92 Å². The van der Waals surface area contributed by atoms with Crippen molar-refractivity contribution in [2.24, 2.45) is 0 Å². The van der Waals surface area contributed by atoms with E-state index < -0.39 is 0 Å². The summed E-state index contributed by atoms with van der Waals surface area (Å²) in [5.74, 6) is 0.432. The number of rotatable bonds is 7. The first-order chi connectivity index (χ1) is 7.72. The van der Waals surface area contributed by atoms with Crippen LogP contribution in [0.5, 0.6) is 5.75 Å². The second-order valence-corrected chi connectivity index (χ2v) is 3.61. The third kappa shape index (κ3) is 5.09. The highest BCUT2D eigenvalue weighted by atomic mass is 19.1. The van der Waals surface area contributed by atoms with Gasteiger partial charge >= 0.3 is 0 Å². The monoisotopic (exact) mass is 227 g/mol. The third-order valence-electron chi connectivity index (χ3n) is 2.09. The Balaban J connectivity index is 2.13. The van der Waals surface area contributed by atoms with Gasteiger partial charge in [-0.1, -0.05) is 0 Å². The predicted molar refractivity (Wildman–Crippen MR) is 61.2 cm³/mol. The number of halogens is 1. The predicted octanol–water partition coefficient (Wildman–Crippen LogP) is 1.83. The lowest BCUT2D eigenvalue weighted by atomic mass is 10.3. The fourth-order valence-corrected chi connectivity index (χ4v) is 1.31. The lowest BCUT2D eigenvalue weighted by Gasteiger charge is -2.13. The van der Waals surface area contributed by atoms with Crippen LogP contribution in [0.4, 0.5) is 4.39 Å². The highest BCUT2D eigenvalue weighted by Crippen LogP contribution is 2.10. The van der Waals surface area contributed by atoms with Gasteiger partial charge in [0.15, 0.2) is 0 Å². The maximum atomic E-state index is 12.6. The van der Waals surface area contributed by atoms with Crippen molar-refractivity contribution in [3.05, 3.63) is 30.1 Å². The quantitative estimate of drug-likeness (QED) is 0.721. The van der Waals surface area contributed by atoms with Crippen molar-refractivity contribution >= 4 is 0 Å². The van der Waals surface area contributed by atoms with Crippen LogP contribution in [-0.2, 0) is 4.74 Å². The van der Waals surface area contributed by atoms with Gasteiger partial charge in [-0.05, 0) is 31.2 Å². The molecule has 4 heteroatoms. The van der Waals surface area contributed by atoms with Gasteiger partial charge in [-0.3, -0.25) is 0 Å². The Morgan fingerprint density at radius 1 is 1.31 bits per heavy atom. The molecule has 3 nitrogen and oxygen atoms in total. The second-order valence-electron chi connectivity index (χ2n) is 3.61. The van der Waals surface area contributed by atoms with Crippen LogP contribution in [0.15, 0.2) is 24.3 Å². The lowest BCUT2D eigenvalue weighted by Crippen LogP contribution is -2.33. The highest BCUT2D eigenvalue weighted by molar-refractivity contribution is 5.21. The number of methoxy groups -OCH3 is 1. The molecule has 0 aliphatic carbocycles. The Morgan fingerprint density at radius 3 is 2.62 bits per heavy atom. The summed E-state index contributed by atoms with van der Waals surface area (Å²) in [4.78, 5) is 0.